The highest BCUT2D eigenvalue weighted by Gasteiger charge is 2.39. The van der Waals surface area contributed by atoms with Gasteiger partial charge in [0.1, 0.15) is 0 Å². The van der Waals surface area contributed by atoms with Crippen LogP contribution in [0.1, 0.15) is 26.2 Å². The molecule has 0 saturated heterocycles. The van der Waals surface area contributed by atoms with E-state index in [0.717, 1.165) is 19.3 Å². The number of nitrogens with zero attached hydrogens (tertiary/aromatic N) is 1. The van der Waals surface area contributed by atoms with E-state index >= 15 is 0 Å². The molecule has 2 amide bonds. The van der Waals surface area contributed by atoms with Gasteiger partial charge >= 0.3 is 6.03 Å². The maximum absolute atomic E-state index is 11.9. The second-order valence-corrected chi connectivity index (χ2v) is 5.56. The third-order valence-electron chi connectivity index (χ3n) is 3.76. The number of halogens is 1. The van der Waals surface area contributed by atoms with Crippen LogP contribution in [-0.4, -0.2) is 28.8 Å². The molecule has 2 unspecified atom stereocenters. The van der Waals surface area contributed by atoms with Crippen LogP contribution in [0.4, 0.5) is 10.5 Å². The molecule has 0 radical (unpaired) electrons. The zero-order valence-corrected chi connectivity index (χ0v) is 11.6. The first-order valence-corrected chi connectivity index (χ1v) is 6.72. The largest absolute Gasteiger partial charge is 0.396 e. The van der Waals surface area contributed by atoms with Crippen LogP contribution in [0.3, 0.4) is 0 Å². The predicted octanol–water partition coefficient (Wildman–Crippen LogP) is 2.41. The molecule has 1 saturated carbocycles. The lowest BCUT2D eigenvalue weighted by atomic mass is 9.86. The molecule has 1 heterocycles. The minimum Gasteiger partial charge on any atom is -0.396 e. The molecule has 1 fully saturated rings. The van der Waals surface area contributed by atoms with Gasteiger partial charge in [-0.15, -0.1) is 0 Å². The molecule has 2 atom stereocenters. The molecule has 5 nitrogen and oxygen atoms in total. The Morgan fingerprint density at radius 2 is 2.47 bits per heavy atom. The highest BCUT2D eigenvalue weighted by atomic mass is 35.5. The number of hydrogen-bond acceptors (Lipinski definition) is 3. The lowest BCUT2D eigenvalue weighted by Crippen LogP contribution is -2.46. The van der Waals surface area contributed by atoms with Gasteiger partial charge < -0.3 is 15.7 Å². The van der Waals surface area contributed by atoms with Crippen LogP contribution in [0.2, 0.25) is 5.15 Å². The Labute approximate surface area is 117 Å². The average Bonchev–Trinajstić information content (AvgIpc) is 2.75. The van der Waals surface area contributed by atoms with Crippen molar-refractivity contribution in [3.8, 4) is 0 Å². The van der Waals surface area contributed by atoms with Crippen LogP contribution in [0.15, 0.2) is 18.3 Å². The maximum atomic E-state index is 11.9. The van der Waals surface area contributed by atoms with Crippen LogP contribution in [0, 0.1) is 5.41 Å². The van der Waals surface area contributed by atoms with Crippen molar-refractivity contribution < 1.29 is 9.90 Å². The number of amides is 2. The van der Waals surface area contributed by atoms with Crippen molar-refractivity contribution in [3.05, 3.63) is 23.5 Å². The van der Waals surface area contributed by atoms with Gasteiger partial charge in [0.05, 0.1) is 12.3 Å². The molecule has 104 valence electrons. The number of aromatic nitrogens is 1. The Balaban J connectivity index is 1.97. The summed E-state index contributed by atoms with van der Waals surface area (Å²) in [6.45, 7) is 2.06. The number of pyridine rings is 1. The summed E-state index contributed by atoms with van der Waals surface area (Å²) in [6, 6.07) is 3.05. The first-order valence-electron chi connectivity index (χ1n) is 6.34. The van der Waals surface area contributed by atoms with Crippen LogP contribution in [0.5, 0.6) is 0 Å². The predicted molar refractivity (Wildman–Crippen MR) is 74.2 cm³/mol. The molecule has 0 bridgehead atoms. The van der Waals surface area contributed by atoms with E-state index in [0.29, 0.717) is 5.69 Å². The van der Waals surface area contributed by atoms with Gasteiger partial charge in [0.15, 0.2) is 5.15 Å². The van der Waals surface area contributed by atoms with Gasteiger partial charge in [-0.05, 0) is 25.0 Å². The second kappa shape index (κ2) is 5.75. The van der Waals surface area contributed by atoms with Gasteiger partial charge in [0.25, 0.3) is 0 Å². The van der Waals surface area contributed by atoms with Gasteiger partial charge in [0, 0.05) is 17.7 Å². The number of aliphatic hydroxyl groups excluding tert-OH is 1. The van der Waals surface area contributed by atoms with Crippen LogP contribution in [-0.2, 0) is 0 Å². The van der Waals surface area contributed by atoms with E-state index in [-0.39, 0.29) is 29.2 Å². The zero-order valence-electron chi connectivity index (χ0n) is 10.8. The number of hydrogen-bond donors (Lipinski definition) is 3. The third kappa shape index (κ3) is 3.16. The highest BCUT2D eigenvalue weighted by molar-refractivity contribution is 6.32. The van der Waals surface area contributed by atoms with E-state index in [1.165, 1.54) is 0 Å². The number of nitrogens with one attached hydrogen (secondary N) is 2. The number of aliphatic hydroxyl groups is 1. The molecule has 0 aliphatic heterocycles. The number of carbonyl (C=O) groups excluding carboxylic acids is 1. The zero-order chi connectivity index (χ0) is 13.9. The molecule has 1 aliphatic rings. The molecule has 19 heavy (non-hydrogen) atoms. The van der Waals surface area contributed by atoms with Crippen LogP contribution < -0.4 is 10.6 Å². The molecule has 3 N–H and O–H groups in total. The number of anilines is 1. The lowest BCUT2D eigenvalue weighted by Gasteiger charge is -2.30. The molecular weight excluding hydrogens is 266 g/mol. The molecule has 6 heteroatoms. The fourth-order valence-electron chi connectivity index (χ4n) is 2.46. The highest BCUT2D eigenvalue weighted by Crippen LogP contribution is 2.37. The average molecular weight is 284 g/mol. The molecule has 1 aliphatic carbocycles. The third-order valence-corrected chi connectivity index (χ3v) is 4.06. The molecule has 1 aromatic rings. The second-order valence-electron chi connectivity index (χ2n) is 5.20. The topological polar surface area (TPSA) is 74.2 Å². The SMILES string of the molecule is CC1(CO)CCCC1NC(=O)Nc1cccnc1Cl. The molecular formula is C13H18ClN3O2. The lowest BCUT2D eigenvalue weighted by molar-refractivity contribution is 0.122. The van der Waals surface area contributed by atoms with Crippen molar-refractivity contribution in [1.82, 2.24) is 10.3 Å². The van der Waals surface area contributed by atoms with E-state index in [4.69, 9.17) is 11.6 Å². The Morgan fingerprint density at radius 3 is 3.16 bits per heavy atom. The normalized spacial score (nSPS) is 26.2. The fraction of sp³-hybridized carbons (Fsp3) is 0.538. The smallest absolute Gasteiger partial charge is 0.319 e. The van der Waals surface area contributed by atoms with Crippen LogP contribution in [0.25, 0.3) is 0 Å². The summed E-state index contributed by atoms with van der Waals surface area (Å²) in [7, 11) is 0. The van der Waals surface area contributed by atoms with Gasteiger partial charge in [0.2, 0.25) is 0 Å². The Bertz CT molecular complexity index is 469. The van der Waals surface area contributed by atoms with E-state index in [9.17, 15) is 9.90 Å². The molecule has 0 spiro atoms. The van der Waals surface area contributed by atoms with Crippen LogP contribution >= 0.6 is 11.6 Å². The summed E-state index contributed by atoms with van der Waals surface area (Å²) in [6.07, 6.45) is 4.37. The van der Waals surface area contributed by atoms with Crippen molar-refractivity contribution in [2.45, 2.75) is 32.2 Å². The Hall–Kier alpha value is -1.33. The maximum Gasteiger partial charge on any atom is 0.319 e. The van der Waals surface area contributed by atoms with Crippen molar-refractivity contribution in [1.29, 1.82) is 0 Å². The minimum atomic E-state index is -0.318. The summed E-state index contributed by atoms with van der Waals surface area (Å²) < 4.78 is 0. The van der Waals surface area contributed by atoms with E-state index in [2.05, 4.69) is 15.6 Å². The standard InChI is InChI=1S/C13H18ClN3O2/c1-13(8-18)6-2-5-10(13)17-12(19)16-9-4-3-7-15-11(9)14/h3-4,7,10,18H,2,5-6,8H2,1H3,(H2,16,17,19). The quantitative estimate of drug-likeness (QED) is 0.746. The molecule has 2 rings (SSSR count). The van der Waals surface area contributed by atoms with Crippen molar-refractivity contribution in [2.75, 3.05) is 11.9 Å². The summed E-state index contributed by atoms with van der Waals surface area (Å²) in [5, 5.41) is 15.3. The van der Waals surface area contributed by atoms with Crippen molar-refractivity contribution in [3.63, 3.8) is 0 Å². The van der Waals surface area contributed by atoms with Gasteiger partial charge in [-0.3, -0.25) is 0 Å². The molecule has 0 aromatic carbocycles. The summed E-state index contributed by atoms with van der Waals surface area (Å²) in [5.74, 6) is 0. The van der Waals surface area contributed by atoms with Gasteiger partial charge in [-0.2, -0.15) is 0 Å². The monoisotopic (exact) mass is 283 g/mol. The van der Waals surface area contributed by atoms with Crippen molar-refractivity contribution in [2.24, 2.45) is 5.41 Å². The Kier molecular flexibility index (Phi) is 4.27. The fourth-order valence-corrected chi connectivity index (χ4v) is 2.63. The number of carbonyl (C=O) groups is 1. The van der Waals surface area contributed by atoms with E-state index < -0.39 is 0 Å². The minimum absolute atomic E-state index is 0.0204. The van der Waals surface area contributed by atoms with E-state index in [1.807, 2.05) is 6.92 Å². The summed E-state index contributed by atoms with van der Waals surface area (Å²) in [4.78, 5) is 15.8. The Morgan fingerprint density at radius 1 is 1.68 bits per heavy atom. The van der Waals surface area contributed by atoms with E-state index in [1.54, 1.807) is 18.3 Å². The first kappa shape index (κ1) is 14.1. The number of rotatable bonds is 3. The first-order chi connectivity index (χ1) is 9.05. The van der Waals surface area contributed by atoms with Crippen molar-refractivity contribution >= 4 is 23.3 Å². The van der Waals surface area contributed by atoms with Gasteiger partial charge in [-0.25, -0.2) is 9.78 Å². The van der Waals surface area contributed by atoms with Gasteiger partial charge in [-0.1, -0.05) is 24.9 Å². The summed E-state index contributed by atoms with van der Waals surface area (Å²) in [5.41, 5.74) is 0.237. The summed E-state index contributed by atoms with van der Waals surface area (Å²) >= 11 is 5.87. The molecule has 1 aromatic heterocycles. The number of urea groups is 1.